The monoisotopic (exact) mass is 254 g/mol. The lowest BCUT2D eigenvalue weighted by Crippen LogP contribution is -2.24. The van der Waals surface area contributed by atoms with E-state index >= 15 is 0 Å². The largest absolute Gasteiger partial charge is 0.0871 e. The van der Waals surface area contributed by atoms with Crippen molar-refractivity contribution in [3.63, 3.8) is 0 Å². The van der Waals surface area contributed by atoms with Crippen molar-refractivity contribution in [1.29, 1.82) is 0 Å². The van der Waals surface area contributed by atoms with Gasteiger partial charge in [-0.05, 0) is 17.2 Å². The number of rotatable bonds is 3. The Hall–Kier alpha value is -0.0831. The Morgan fingerprint density at radius 3 is 2.62 bits per heavy atom. The van der Waals surface area contributed by atoms with Crippen LogP contribution in [0.4, 0.5) is 0 Å². The summed E-state index contributed by atoms with van der Waals surface area (Å²) in [5.74, 6) is 0. The smallest absolute Gasteiger partial charge is 0.0651 e. The molecule has 0 N–H and O–H groups in total. The van der Waals surface area contributed by atoms with Crippen molar-refractivity contribution in [2.45, 2.75) is 32.2 Å². The SMILES string of the molecule is CCC(C)(C)[Si]c1cccc(Br)c1. The molecule has 1 aromatic rings. The fourth-order valence-electron chi connectivity index (χ4n) is 1.05. The zero-order valence-corrected chi connectivity index (χ0v) is 11.0. The fourth-order valence-corrected chi connectivity index (χ4v) is 3.02. The molecular formula is C11H15BrSi. The van der Waals surface area contributed by atoms with E-state index in [1.54, 1.807) is 0 Å². The lowest BCUT2D eigenvalue weighted by molar-refractivity contribution is 0.648. The maximum absolute atomic E-state index is 3.50. The summed E-state index contributed by atoms with van der Waals surface area (Å²) in [6.07, 6.45) is 1.23. The minimum atomic E-state index is 0.445. The number of benzene rings is 1. The summed E-state index contributed by atoms with van der Waals surface area (Å²) in [6.45, 7) is 6.91. The first-order valence-corrected chi connectivity index (χ1v) is 6.36. The van der Waals surface area contributed by atoms with Gasteiger partial charge in [0.25, 0.3) is 0 Å². The predicted octanol–water partition coefficient (Wildman–Crippen LogP) is 3.39. The van der Waals surface area contributed by atoms with E-state index in [-0.39, 0.29) is 0 Å². The van der Waals surface area contributed by atoms with E-state index in [1.807, 2.05) is 0 Å². The van der Waals surface area contributed by atoms with E-state index < -0.39 is 0 Å². The Bertz CT molecular complexity index is 281. The molecule has 0 amide bonds. The average Bonchev–Trinajstić information content (AvgIpc) is 2.03. The molecule has 0 aliphatic heterocycles. The van der Waals surface area contributed by atoms with Gasteiger partial charge in [-0.15, -0.1) is 0 Å². The van der Waals surface area contributed by atoms with Crippen molar-refractivity contribution in [2.75, 3.05) is 0 Å². The number of hydrogen-bond acceptors (Lipinski definition) is 0. The van der Waals surface area contributed by atoms with Gasteiger partial charge in [0, 0.05) is 4.47 Å². The quantitative estimate of drug-likeness (QED) is 0.726. The third-order valence-electron chi connectivity index (χ3n) is 2.19. The molecule has 0 aliphatic carbocycles. The Morgan fingerprint density at radius 2 is 2.08 bits per heavy atom. The molecule has 1 aromatic carbocycles. The highest BCUT2D eigenvalue weighted by Gasteiger charge is 2.16. The first kappa shape index (κ1) is 11.0. The Morgan fingerprint density at radius 1 is 1.38 bits per heavy atom. The first-order chi connectivity index (χ1) is 6.03. The zero-order chi connectivity index (χ0) is 9.90. The summed E-state index contributed by atoms with van der Waals surface area (Å²) in [4.78, 5) is 0. The van der Waals surface area contributed by atoms with E-state index in [0.29, 0.717) is 5.04 Å². The van der Waals surface area contributed by atoms with Gasteiger partial charge < -0.3 is 0 Å². The van der Waals surface area contributed by atoms with Gasteiger partial charge >= 0.3 is 0 Å². The average molecular weight is 255 g/mol. The van der Waals surface area contributed by atoms with Gasteiger partial charge in [-0.1, -0.05) is 60.4 Å². The molecule has 0 saturated carbocycles. The van der Waals surface area contributed by atoms with Gasteiger partial charge in [-0.2, -0.15) is 0 Å². The van der Waals surface area contributed by atoms with Gasteiger partial charge in [-0.3, -0.25) is 0 Å². The maximum atomic E-state index is 3.50. The summed E-state index contributed by atoms with van der Waals surface area (Å²) in [5.41, 5.74) is 0. The molecule has 0 spiro atoms. The highest BCUT2D eigenvalue weighted by Crippen LogP contribution is 2.26. The van der Waals surface area contributed by atoms with E-state index in [0.717, 1.165) is 9.52 Å². The molecule has 70 valence electrons. The summed E-state index contributed by atoms with van der Waals surface area (Å²) < 4.78 is 1.18. The molecule has 0 atom stereocenters. The van der Waals surface area contributed by atoms with Crippen molar-refractivity contribution in [2.24, 2.45) is 0 Å². The normalized spacial score (nSPS) is 11.7. The zero-order valence-electron chi connectivity index (χ0n) is 8.39. The van der Waals surface area contributed by atoms with Crippen LogP contribution in [0.3, 0.4) is 0 Å². The summed E-state index contributed by atoms with van der Waals surface area (Å²) in [5, 5.41) is 1.89. The van der Waals surface area contributed by atoms with Crippen molar-refractivity contribution < 1.29 is 0 Å². The topological polar surface area (TPSA) is 0 Å². The van der Waals surface area contributed by atoms with Crippen molar-refractivity contribution in [3.05, 3.63) is 28.7 Å². The van der Waals surface area contributed by atoms with Crippen molar-refractivity contribution in [3.8, 4) is 0 Å². The minimum Gasteiger partial charge on any atom is -0.0651 e. The lowest BCUT2D eigenvalue weighted by atomic mass is 10.1. The van der Waals surface area contributed by atoms with Gasteiger partial charge in [0.05, 0.1) is 9.52 Å². The van der Waals surface area contributed by atoms with Crippen LogP contribution in [0, 0.1) is 0 Å². The third-order valence-corrected chi connectivity index (χ3v) is 4.31. The van der Waals surface area contributed by atoms with E-state index in [9.17, 15) is 0 Å². The van der Waals surface area contributed by atoms with Crippen LogP contribution in [0.1, 0.15) is 27.2 Å². The second-order valence-electron chi connectivity index (χ2n) is 3.87. The second kappa shape index (κ2) is 4.42. The van der Waals surface area contributed by atoms with Gasteiger partial charge in [0.1, 0.15) is 0 Å². The first-order valence-electron chi connectivity index (χ1n) is 4.57. The van der Waals surface area contributed by atoms with Gasteiger partial charge in [0.2, 0.25) is 0 Å². The van der Waals surface area contributed by atoms with Crippen molar-refractivity contribution in [1.82, 2.24) is 0 Å². The molecule has 2 radical (unpaired) electrons. The second-order valence-corrected chi connectivity index (χ2v) is 6.97. The van der Waals surface area contributed by atoms with E-state index in [2.05, 4.69) is 61.0 Å². The molecule has 0 aliphatic rings. The van der Waals surface area contributed by atoms with Crippen LogP contribution in [0.2, 0.25) is 5.04 Å². The van der Waals surface area contributed by atoms with Gasteiger partial charge in [0.15, 0.2) is 0 Å². The molecule has 13 heavy (non-hydrogen) atoms. The standard InChI is InChI=1S/C11H15BrSi/c1-4-11(2,3)13-10-7-5-6-9(12)8-10/h5-8H,4H2,1-3H3. The van der Waals surface area contributed by atoms with Crippen LogP contribution in [-0.2, 0) is 0 Å². The molecule has 0 nitrogen and oxygen atoms in total. The third kappa shape index (κ3) is 3.65. The summed E-state index contributed by atoms with van der Waals surface area (Å²) in [7, 11) is 0.898. The van der Waals surface area contributed by atoms with Crippen LogP contribution < -0.4 is 5.19 Å². The molecule has 0 aromatic heterocycles. The summed E-state index contributed by atoms with van der Waals surface area (Å²) >= 11 is 3.50. The van der Waals surface area contributed by atoms with E-state index in [4.69, 9.17) is 0 Å². The minimum absolute atomic E-state index is 0.445. The van der Waals surface area contributed by atoms with E-state index in [1.165, 1.54) is 16.1 Å². The summed E-state index contributed by atoms with van der Waals surface area (Å²) in [6, 6.07) is 8.61. The molecular weight excluding hydrogens is 240 g/mol. The van der Waals surface area contributed by atoms with Crippen LogP contribution in [0.15, 0.2) is 28.7 Å². The molecule has 2 heteroatoms. The van der Waals surface area contributed by atoms with Gasteiger partial charge in [-0.25, -0.2) is 0 Å². The molecule has 0 unspecified atom stereocenters. The molecule has 0 heterocycles. The predicted molar refractivity (Wildman–Crippen MR) is 63.9 cm³/mol. The number of halogens is 1. The van der Waals surface area contributed by atoms with Crippen LogP contribution in [0.25, 0.3) is 0 Å². The molecule has 0 fully saturated rings. The Balaban J connectivity index is 2.74. The maximum Gasteiger partial charge on any atom is 0.0871 e. The molecule has 0 bridgehead atoms. The lowest BCUT2D eigenvalue weighted by Gasteiger charge is -2.21. The van der Waals surface area contributed by atoms with Crippen LogP contribution in [0.5, 0.6) is 0 Å². The van der Waals surface area contributed by atoms with Crippen molar-refractivity contribution >= 4 is 30.6 Å². The highest BCUT2D eigenvalue weighted by molar-refractivity contribution is 9.10. The fraction of sp³-hybridized carbons (Fsp3) is 0.455. The number of hydrogen-bond donors (Lipinski definition) is 0. The Kier molecular flexibility index (Phi) is 3.74. The molecule has 1 rings (SSSR count). The highest BCUT2D eigenvalue weighted by atomic mass is 79.9. The van der Waals surface area contributed by atoms with Crippen LogP contribution >= 0.6 is 15.9 Å². The Labute approximate surface area is 91.7 Å². The van der Waals surface area contributed by atoms with Crippen LogP contribution in [-0.4, -0.2) is 9.52 Å². The molecule has 0 saturated heterocycles.